The van der Waals surface area contributed by atoms with E-state index >= 15 is 0 Å². The first-order chi connectivity index (χ1) is 11.2. The Morgan fingerprint density at radius 3 is 1.46 bits per heavy atom. The van der Waals surface area contributed by atoms with Crippen LogP contribution in [0.5, 0.6) is 0 Å². The molecule has 10 heteroatoms. The van der Waals surface area contributed by atoms with E-state index in [1.807, 2.05) is 0 Å². The van der Waals surface area contributed by atoms with Gasteiger partial charge in [0.05, 0.1) is 26.1 Å². The van der Waals surface area contributed by atoms with Crippen molar-refractivity contribution in [1.82, 2.24) is 0 Å². The number of carbonyl (C=O) groups excluding carboxylic acids is 2. The zero-order valence-corrected chi connectivity index (χ0v) is 14.0. The Labute approximate surface area is 139 Å². The van der Waals surface area contributed by atoms with E-state index in [0.29, 0.717) is 12.8 Å². The van der Waals surface area contributed by atoms with Crippen molar-refractivity contribution < 1.29 is 28.9 Å². The van der Waals surface area contributed by atoms with Gasteiger partial charge in [0, 0.05) is 21.7 Å². The molecule has 0 spiro atoms. The monoisotopic (exact) mass is 348 g/mol. The van der Waals surface area contributed by atoms with Gasteiger partial charge in [-0.2, -0.15) is 0 Å². The van der Waals surface area contributed by atoms with Crippen molar-refractivity contribution in [3.63, 3.8) is 0 Å². The van der Waals surface area contributed by atoms with Crippen LogP contribution in [-0.2, 0) is 19.1 Å². The molecule has 0 amide bonds. The molecule has 0 aliphatic heterocycles. The Morgan fingerprint density at radius 1 is 0.833 bits per heavy atom. The minimum atomic E-state index is -0.568. The fourth-order valence-electron chi connectivity index (χ4n) is 1.79. The second kappa shape index (κ2) is 12.2. The van der Waals surface area contributed by atoms with Gasteiger partial charge in [0.2, 0.25) is 13.1 Å². The van der Waals surface area contributed by atoms with E-state index in [2.05, 4.69) is 0 Å². The zero-order chi connectivity index (χ0) is 18.5. The van der Waals surface area contributed by atoms with Crippen LogP contribution < -0.4 is 0 Å². The van der Waals surface area contributed by atoms with Crippen LogP contribution in [0.25, 0.3) is 0 Å². The molecule has 0 fully saturated rings. The lowest BCUT2D eigenvalue weighted by molar-refractivity contribution is -0.487. The molecule has 0 aromatic carbocycles. The highest BCUT2D eigenvalue weighted by molar-refractivity contribution is 5.77. The van der Waals surface area contributed by atoms with Crippen LogP contribution in [0.1, 0.15) is 39.5 Å². The molecule has 0 aromatic rings. The summed E-state index contributed by atoms with van der Waals surface area (Å²) in [7, 11) is 0. The highest BCUT2D eigenvalue weighted by Crippen LogP contribution is 2.05. The van der Waals surface area contributed by atoms with Crippen LogP contribution >= 0.6 is 0 Å². The van der Waals surface area contributed by atoms with Gasteiger partial charge >= 0.3 is 11.9 Å². The smallest absolute Gasteiger partial charge is 0.306 e. The SMILES string of the molecule is CC(CCOC(=O)CCC(=O)OCCC(C)C[N+](=O)[O-])C[N+](=O)[O-]. The van der Waals surface area contributed by atoms with Gasteiger partial charge in [-0.1, -0.05) is 13.8 Å². The van der Waals surface area contributed by atoms with Gasteiger partial charge < -0.3 is 9.47 Å². The second-order valence-electron chi connectivity index (χ2n) is 5.76. The molecule has 0 aromatic heterocycles. The Morgan fingerprint density at radius 2 is 1.17 bits per heavy atom. The number of carbonyl (C=O) groups is 2. The van der Waals surface area contributed by atoms with Gasteiger partial charge in [-0.15, -0.1) is 0 Å². The van der Waals surface area contributed by atoms with Gasteiger partial charge in [-0.25, -0.2) is 0 Å². The molecule has 0 aliphatic rings. The lowest BCUT2D eigenvalue weighted by Crippen LogP contribution is -2.17. The minimum Gasteiger partial charge on any atom is -0.466 e. The molecule has 0 rings (SSSR count). The van der Waals surface area contributed by atoms with E-state index in [1.54, 1.807) is 13.8 Å². The third-order valence-corrected chi connectivity index (χ3v) is 3.20. The topological polar surface area (TPSA) is 139 Å². The Balaban J connectivity index is 3.69. The molecule has 0 radical (unpaired) electrons. The van der Waals surface area contributed by atoms with Crippen LogP contribution in [0.4, 0.5) is 0 Å². The molecule has 0 saturated carbocycles. The van der Waals surface area contributed by atoms with Gasteiger partial charge in [-0.3, -0.25) is 29.8 Å². The summed E-state index contributed by atoms with van der Waals surface area (Å²) < 4.78 is 9.77. The van der Waals surface area contributed by atoms with Crippen molar-refractivity contribution in [2.45, 2.75) is 39.5 Å². The molecule has 138 valence electrons. The van der Waals surface area contributed by atoms with Crippen molar-refractivity contribution in [3.8, 4) is 0 Å². The molecule has 0 bridgehead atoms. The summed E-state index contributed by atoms with van der Waals surface area (Å²) in [6, 6.07) is 0. The third kappa shape index (κ3) is 13.4. The number of hydrogen-bond donors (Lipinski definition) is 0. The molecule has 0 saturated heterocycles. The summed E-state index contributed by atoms with van der Waals surface area (Å²) >= 11 is 0. The van der Waals surface area contributed by atoms with Crippen LogP contribution in [0, 0.1) is 32.1 Å². The number of nitrogens with zero attached hydrogens (tertiary/aromatic N) is 2. The highest BCUT2D eigenvalue weighted by Gasteiger charge is 2.14. The normalized spacial score (nSPS) is 12.9. The first-order valence-electron chi connectivity index (χ1n) is 7.75. The van der Waals surface area contributed by atoms with Crippen LogP contribution in [-0.4, -0.2) is 48.1 Å². The number of esters is 2. The van der Waals surface area contributed by atoms with Crippen molar-refractivity contribution in [1.29, 1.82) is 0 Å². The molecular weight excluding hydrogens is 324 g/mol. The molecule has 0 heterocycles. The fraction of sp³-hybridized carbons (Fsp3) is 0.857. The molecule has 0 N–H and O–H groups in total. The quantitative estimate of drug-likeness (QED) is 0.277. The number of nitro groups is 2. The summed E-state index contributed by atoms with van der Waals surface area (Å²) in [6.45, 7) is 3.15. The van der Waals surface area contributed by atoms with E-state index in [0.717, 1.165) is 0 Å². The summed E-state index contributed by atoms with van der Waals surface area (Å²) in [6.07, 6.45) is 0.497. The van der Waals surface area contributed by atoms with E-state index in [4.69, 9.17) is 9.47 Å². The number of ether oxygens (including phenoxy) is 2. The van der Waals surface area contributed by atoms with Crippen molar-refractivity contribution in [2.24, 2.45) is 11.8 Å². The maximum Gasteiger partial charge on any atom is 0.306 e. The van der Waals surface area contributed by atoms with Gasteiger partial charge in [0.1, 0.15) is 0 Å². The highest BCUT2D eigenvalue weighted by atomic mass is 16.6. The lowest BCUT2D eigenvalue weighted by atomic mass is 10.1. The Hall–Kier alpha value is -2.26. The number of rotatable bonds is 13. The molecule has 0 aliphatic carbocycles. The van der Waals surface area contributed by atoms with E-state index in [-0.39, 0.29) is 51.0 Å². The lowest BCUT2D eigenvalue weighted by Gasteiger charge is -2.09. The number of hydrogen-bond acceptors (Lipinski definition) is 8. The summed E-state index contributed by atoms with van der Waals surface area (Å²) in [4.78, 5) is 42.5. The van der Waals surface area contributed by atoms with Crippen LogP contribution in [0.3, 0.4) is 0 Å². The first kappa shape index (κ1) is 21.7. The summed E-state index contributed by atoms with van der Waals surface area (Å²) in [5.41, 5.74) is 0. The zero-order valence-electron chi connectivity index (χ0n) is 14.0. The van der Waals surface area contributed by atoms with E-state index in [9.17, 15) is 29.8 Å². The van der Waals surface area contributed by atoms with E-state index in [1.165, 1.54) is 0 Å². The molecule has 2 atom stereocenters. The van der Waals surface area contributed by atoms with E-state index < -0.39 is 21.8 Å². The summed E-state index contributed by atoms with van der Waals surface area (Å²) in [5, 5.41) is 20.6. The van der Waals surface area contributed by atoms with Gasteiger partial charge in [0.15, 0.2) is 0 Å². The standard InChI is InChI=1S/C14H24N2O8/c1-11(9-15(19)20)5-7-23-13(17)3-4-14(18)24-8-6-12(2)10-16(21)22/h11-12H,3-10H2,1-2H3. The molecule has 10 nitrogen and oxygen atoms in total. The molecule has 24 heavy (non-hydrogen) atoms. The fourth-order valence-corrected chi connectivity index (χ4v) is 1.79. The van der Waals surface area contributed by atoms with Crippen molar-refractivity contribution in [2.75, 3.05) is 26.3 Å². The molecular formula is C14H24N2O8. The van der Waals surface area contributed by atoms with Crippen molar-refractivity contribution >= 4 is 11.9 Å². The largest absolute Gasteiger partial charge is 0.466 e. The Kier molecular flexibility index (Phi) is 11.0. The Bertz CT molecular complexity index is 400. The van der Waals surface area contributed by atoms with Gasteiger partial charge in [0.25, 0.3) is 0 Å². The molecule has 2 unspecified atom stereocenters. The first-order valence-corrected chi connectivity index (χ1v) is 7.75. The van der Waals surface area contributed by atoms with Gasteiger partial charge in [-0.05, 0) is 12.8 Å². The van der Waals surface area contributed by atoms with Crippen LogP contribution in [0.2, 0.25) is 0 Å². The third-order valence-electron chi connectivity index (χ3n) is 3.20. The minimum absolute atomic E-state index is 0.0707. The van der Waals surface area contributed by atoms with Crippen LogP contribution in [0.15, 0.2) is 0 Å². The maximum atomic E-state index is 11.4. The second-order valence-corrected chi connectivity index (χ2v) is 5.76. The predicted octanol–water partition coefficient (Wildman–Crippen LogP) is 1.46. The predicted molar refractivity (Wildman–Crippen MR) is 82.4 cm³/mol. The van der Waals surface area contributed by atoms with Crippen molar-refractivity contribution in [3.05, 3.63) is 20.2 Å². The maximum absolute atomic E-state index is 11.4. The average Bonchev–Trinajstić information content (AvgIpc) is 2.43. The average molecular weight is 348 g/mol. The summed E-state index contributed by atoms with van der Waals surface area (Å²) in [5.74, 6) is -1.53.